The van der Waals surface area contributed by atoms with Crippen molar-refractivity contribution < 1.29 is 29.0 Å². The lowest BCUT2D eigenvalue weighted by Crippen LogP contribution is -2.59. The van der Waals surface area contributed by atoms with E-state index in [1.54, 1.807) is 36.4 Å². The number of ether oxygens (including phenoxy) is 2. The molecule has 3 heterocycles. The van der Waals surface area contributed by atoms with Gasteiger partial charge in [-0.1, -0.05) is 73.1 Å². The molecule has 0 aliphatic carbocycles. The van der Waals surface area contributed by atoms with Crippen molar-refractivity contribution in [3.8, 4) is 0 Å². The number of aliphatic hydroxyl groups excluding tert-OH is 1. The highest BCUT2D eigenvalue weighted by molar-refractivity contribution is 6.34. The zero-order valence-corrected chi connectivity index (χ0v) is 25.2. The molecule has 2 amide bonds. The van der Waals surface area contributed by atoms with E-state index in [4.69, 9.17) is 21.1 Å². The predicted molar refractivity (Wildman–Crippen MR) is 164 cm³/mol. The van der Waals surface area contributed by atoms with Gasteiger partial charge in [-0.25, -0.2) is 0 Å². The largest absolute Gasteiger partial charge is 0.465 e. The van der Waals surface area contributed by atoms with E-state index in [9.17, 15) is 19.5 Å². The molecule has 0 aromatic heterocycles. The standard InChI is InChI=1S/C34H39ClN2O6/c1-4-7-20-42-32(41)28-27-30(39)37(24(22-38)21-23-13-9-8-10-14-23)29(34(27)18-17-33(28,6-3)43-34)31(40)36(19-5-2)26-16-12-11-15-25(26)35/h4-5,8-16,24,27-29,38H,1-2,6-7,17-22H2,3H3/t24-,27+,28+,29?,33-,34?/m1/s1. The molecule has 6 atom stereocenters. The number of para-hydroxylation sites is 1. The molecular weight excluding hydrogens is 568 g/mol. The van der Waals surface area contributed by atoms with E-state index in [0.717, 1.165) is 5.56 Å². The van der Waals surface area contributed by atoms with Crippen LogP contribution in [-0.4, -0.2) is 70.8 Å². The number of benzene rings is 2. The Labute approximate surface area is 257 Å². The lowest BCUT2D eigenvalue weighted by Gasteiger charge is -2.39. The molecule has 0 radical (unpaired) electrons. The molecule has 2 unspecified atom stereocenters. The van der Waals surface area contributed by atoms with Gasteiger partial charge in [0.2, 0.25) is 5.91 Å². The van der Waals surface area contributed by atoms with Crippen LogP contribution >= 0.6 is 11.6 Å². The zero-order valence-electron chi connectivity index (χ0n) is 24.5. The maximum Gasteiger partial charge on any atom is 0.312 e. The molecule has 3 fully saturated rings. The van der Waals surface area contributed by atoms with E-state index in [2.05, 4.69) is 13.2 Å². The lowest BCUT2D eigenvalue weighted by molar-refractivity contribution is -0.162. The normalized spacial score (nSPS) is 27.9. The number of anilines is 1. The van der Waals surface area contributed by atoms with Crippen molar-refractivity contribution in [1.82, 2.24) is 4.90 Å². The van der Waals surface area contributed by atoms with Crippen molar-refractivity contribution in [3.05, 3.63) is 90.5 Å². The van der Waals surface area contributed by atoms with Gasteiger partial charge in [0.1, 0.15) is 17.6 Å². The van der Waals surface area contributed by atoms with Crippen LogP contribution in [-0.2, 0) is 30.3 Å². The average Bonchev–Trinajstić information content (AvgIpc) is 3.63. The number of fused-ring (bicyclic) bond motifs is 1. The van der Waals surface area contributed by atoms with Crippen LogP contribution in [0.1, 0.15) is 38.2 Å². The summed E-state index contributed by atoms with van der Waals surface area (Å²) in [7, 11) is 0. The van der Waals surface area contributed by atoms with Gasteiger partial charge in [-0.3, -0.25) is 14.4 Å². The second-order valence-electron chi connectivity index (χ2n) is 11.5. The van der Waals surface area contributed by atoms with E-state index in [1.165, 1.54) is 9.80 Å². The fourth-order valence-electron chi connectivity index (χ4n) is 7.41. The number of esters is 1. The topological polar surface area (TPSA) is 96.4 Å². The van der Waals surface area contributed by atoms with Crippen LogP contribution in [0.5, 0.6) is 0 Å². The van der Waals surface area contributed by atoms with Gasteiger partial charge in [-0.05, 0) is 49.8 Å². The fourth-order valence-corrected chi connectivity index (χ4v) is 7.65. The summed E-state index contributed by atoms with van der Waals surface area (Å²) in [4.78, 5) is 46.2. The second-order valence-corrected chi connectivity index (χ2v) is 11.9. The molecular formula is C34H39ClN2O6. The maximum atomic E-state index is 14.9. The molecule has 2 aromatic carbocycles. The third kappa shape index (κ3) is 5.19. The van der Waals surface area contributed by atoms with Gasteiger partial charge in [-0.15, -0.1) is 13.2 Å². The molecule has 8 nitrogen and oxygen atoms in total. The van der Waals surface area contributed by atoms with Crippen LogP contribution in [0.2, 0.25) is 5.02 Å². The van der Waals surface area contributed by atoms with Gasteiger partial charge in [-0.2, -0.15) is 0 Å². The van der Waals surface area contributed by atoms with Gasteiger partial charge < -0.3 is 24.4 Å². The number of nitrogens with zero attached hydrogens (tertiary/aromatic N) is 2. The molecule has 1 spiro atoms. The molecule has 0 saturated carbocycles. The summed E-state index contributed by atoms with van der Waals surface area (Å²) in [5, 5.41) is 11.1. The first kappa shape index (κ1) is 31.0. The summed E-state index contributed by atoms with van der Waals surface area (Å²) in [6, 6.07) is 14.7. The number of carbonyl (C=O) groups is 3. The van der Waals surface area contributed by atoms with E-state index in [-0.39, 0.29) is 25.7 Å². The molecule has 43 heavy (non-hydrogen) atoms. The van der Waals surface area contributed by atoms with Gasteiger partial charge >= 0.3 is 5.97 Å². The summed E-state index contributed by atoms with van der Waals surface area (Å²) >= 11 is 6.58. The first-order chi connectivity index (χ1) is 20.8. The number of halogens is 1. The van der Waals surface area contributed by atoms with Crippen molar-refractivity contribution in [2.75, 3.05) is 24.7 Å². The number of hydrogen-bond acceptors (Lipinski definition) is 6. The number of hydrogen-bond donors (Lipinski definition) is 1. The van der Waals surface area contributed by atoms with Gasteiger partial charge in [0.25, 0.3) is 5.91 Å². The van der Waals surface area contributed by atoms with Crippen LogP contribution < -0.4 is 4.90 Å². The molecule has 2 aromatic rings. The van der Waals surface area contributed by atoms with Crippen LogP contribution in [0.15, 0.2) is 79.9 Å². The van der Waals surface area contributed by atoms with Gasteiger partial charge in [0.15, 0.2) is 0 Å². The summed E-state index contributed by atoms with van der Waals surface area (Å²) in [6.45, 7) is 9.38. The molecule has 3 saturated heterocycles. The van der Waals surface area contributed by atoms with Crippen LogP contribution in [0.4, 0.5) is 5.69 Å². The highest BCUT2D eigenvalue weighted by atomic mass is 35.5. The Hall–Kier alpha value is -3.46. The first-order valence-corrected chi connectivity index (χ1v) is 15.3. The SMILES string of the molecule is C=CCCOC(=O)[C@@H]1[C@H]2C(=O)N([C@@H](CO)Cc3ccccc3)C(C(=O)N(CC=C)c3ccccc3Cl)C23CC[C@@]1(CC)O3. The minimum absolute atomic E-state index is 0.135. The van der Waals surface area contributed by atoms with E-state index in [1.807, 2.05) is 37.3 Å². The van der Waals surface area contributed by atoms with Gasteiger partial charge in [0.05, 0.1) is 41.5 Å². The maximum absolute atomic E-state index is 14.9. The van der Waals surface area contributed by atoms with Crippen LogP contribution in [0.25, 0.3) is 0 Å². The molecule has 3 aliphatic heterocycles. The first-order valence-electron chi connectivity index (χ1n) is 14.9. The Morgan fingerprint density at radius 2 is 1.88 bits per heavy atom. The van der Waals surface area contributed by atoms with Crippen molar-refractivity contribution in [3.63, 3.8) is 0 Å². The summed E-state index contributed by atoms with van der Waals surface area (Å²) < 4.78 is 12.5. The summed E-state index contributed by atoms with van der Waals surface area (Å²) in [5.41, 5.74) is -0.836. The zero-order chi connectivity index (χ0) is 30.8. The monoisotopic (exact) mass is 606 g/mol. The fraction of sp³-hybridized carbons (Fsp3) is 0.441. The molecule has 9 heteroatoms. The minimum atomic E-state index is -1.28. The Bertz CT molecular complexity index is 1380. The van der Waals surface area contributed by atoms with Crippen LogP contribution in [0, 0.1) is 11.8 Å². The van der Waals surface area contributed by atoms with Crippen molar-refractivity contribution >= 4 is 35.1 Å². The van der Waals surface area contributed by atoms with Crippen molar-refractivity contribution in [2.45, 2.75) is 62.3 Å². The number of aliphatic hydroxyl groups is 1. The lowest BCUT2D eigenvalue weighted by atomic mass is 9.65. The number of carbonyl (C=O) groups excluding carboxylic acids is 3. The molecule has 228 valence electrons. The minimum Gasteiger partial charge on any atom is -0.465 e. The second kappa shape index (κ2) is 12.6. The number of likely N-dealkylation sites (tertiary alicyclic amines) is 1. The third-order valence-corrected chi connectivity index (χ3v) is 9.63. The number of amides is 2. The Morgan fingerprint density at radius 3 is 2.53 bits per heavy atom. The highest BCUT2D eigenvalue weighted by Gasteiger charge is 2.79. The van der Waals surface area contributed by atoms with E-state index < -0.39 is 47.0 Å². The Morgan fingerprint density at radius 1 is 1.16 bits per heavy atom. The summed E-state index contributed by atoms with van der Waals surface area (Å²) in [5.74, 6) is -3.11. The quantitative estimate of drug-likeness (QED) is 0.201. The highest BCUT2D eigenvalue weighted by Crippen LogP contribution is 2.65. The Kier molecular flexibility index (Phi) is 9.11. The predicted octanol–water partition coefficient (Wildman–Crippen LogP) is 4.74. The van der Waals surface area contributed by atoms with Crippen LogP contribution in [0.3, 0.4) is 0 Å². The van der Waals surface area contributed by atoms with Crippen molar-refractivity contribution in [2.24, 2.45) is 11.8 Å². The smallest absolute Gasteiger partial charge is 0.312 e. The molecule has 5 rings (SSSR count). The molecule has 1 N–H and O–H groups in total. The Balaban J connectivity index is 1.63. The third-order valence-electron chi connectivity index (χ3n) is 9.31. The summed E-state index contributed by atoms with van der Waals surface area (Å²) in [6.07, 6.45) is 5.46. The average molecular weight is 607 g/mol. The molecule has 3 aliphatic rings. The molecule has 2 bridgehead atoms. The number of rotatable bonds is 13. The van der Waals surface area contributed by atoms with Gasteiger partial charge in [0, 0.05) is 6.54 Å². The van der Waals surface area contributed by atoms with Crippen molar-refractivity contribution in [1.29, 1.82) is 0 Å². The van der Waals surface area contributed by atoms with E-state index >= 15 is 0 Å². The van der Waals surface area contributed by atoms with E-state index in [0.29, 0.717) is 42.8 Å².